The number of hydrogen-bond donors (Lipinski definition) is 1. The lowest BCUT2D eigenvalue weighted by Gasteiger charge is -2.16. The fraction of sp³-hybridized carbons (Fsp3) is 0.250. The fourth-order valence-electron chi connectivity index (χ4n) is 1.98. The van der Waals surface area contributed by atoms with Crippen molar-refractivity contribution in [2.75, 3.05) is 18.7 Å². The topological polar surface area (TPSA) is 21.3 Å². The zero-order chi connectivity index (χ0) is 14.5. The van der Waals surface area contributed by atoms with Crippen LogP contribution in [0.3, 0.4) is 0 Å². The zero-order valence-corrected chi connectivity index (χ0v) is 12.6. The lowest BCUT2D eigenvalue weighted by molar-refractivity contribution is 0.386. The Kier molecular flexibility index (Phi) is 4.90. The van der Waals surface area contributed by atoms with Gasteiger partial charge in [0.25, 0.3) is 0 Å². The maximum atomic E-state index is 13.6. The summed E-state index contributed by atoms with van der Waals surface area (Å²) < 4.78 is 18.5. The van der Waals surface area contributed by atoms with Crippen LogP contribution in [0.4, 0.5) is 10.1 Å². The molecule has 0 amide bonds. The van der Waals surface area contributed by atoms with Gasteiger partial charge in [-0.25, -0.2) is 4.39 Å². The highest BCUT2D eigenvalue weighted by molar-refractivity contribution is 7.98. The number of methoxy groups -OCH3 is 1. The Hall–Kier alpha value is -1.68. The molecule has 0 aliphatic heterocycles. The van der Waals surface area contributed by atoms with Crippen LogP contribution in [0.1, 0.15) is 18.5 Å². The maximum absolute atomic E-state index is 13.6. The largest absolute Gasteiger partial charge is 0.494 e. The molecule has 106 valence electrons. The summed E-state index contributed by atoms with van der Waals surface area (Å²) in [5, 5.41) is 3.29. The van der Waals surface area contributed by atoms with Crippen molar-refractivity contribution in [3.63, 3.8) is 0 Å². The van der Waals surface area contributed by atoms with Crippen LogP contribution >= 0.6 is 11.8 Å². The van der Waals surface area contributed by atoms with E-state index in [1.54, 1.807) is 17.8 Å². The molecule has 1 N–H and O–H groups in total. The van der Waals surface area contributed by atoms with Crippen LogP contribution in [0.5, 0.6) is 5.75 Å². The van der Waals surface area contributed by atoms with Crippen molar-refractivity contribution in [2.24, 2.45) is 0 Å². The first-order chi connectivity index (χ1) is 9.63. The summed E-state index contributed by atoms with van der Waals surface area (Å²) >= 11 is 1.72. The number of nitrogens with one attached hydrogen (secondary N) is 1. The molecule has 0 saturated carbocycles. The van der Waals surface area contributed by atoms with Crippen LogP contribution in [0, 0.1) is 5.82 Å². The zero-order valence-electron chi connectivity index (χ0n) is 11.8. The van der Waals surface area contributed by atoms with Crippen LogP contribution in [-0.4, -0.2) is 13.4 Å². The Bertz CT molecular complexity index is 571. The maximum Gasteiger partial charge on any atom is 0.167 e. The minimum atomic E-state index is -0.359. The normalized spacial score (nSPS) is 12.0. The van der Waals surface area contributed by atoms with E-state index in [1.165, 1.54) is 23.6 Å². The van der Waals surface area contributed by atoms with Gasteiger partial charge in [0.05, 0.1) is 7.11 Å². The van der Waals surface area contributed by atoms with Crippen LogP contribution in [0.25, 0.3) is 0 Å². The summed E-state index contributed by atoms with van der Waals surface area (Å²) in [6, 6.07) is 13.4. The van der Waals surface area contributed by atoms with E-state index in [0.29, 0.717) is 0 Å². The minimum absolute atomic E-state index is 0.110. The minimum Gasteiger partial charge on any atom is -0.494 e. The van der Waals surface area contributed by atoms with E-state index in [4.69, 9.17) is 4.74 Å². The van der Waals surface area contributed by atoms with Gasteiger partial charge in [-0.05, 0) is 43.0 Å². The van der Waals surface area contributed by atoms with Gasteiger partial charge < -0.3 is 10.1 Å². The third-order valence-electron chi connectivity index (χ3n) is 3.15. The summed E-state index contributed by atoms with van der Waals surface area (Å²) in [7, 11) is 1.46. The molecule has 0 aliphatic rings. The second-order valence-electron chi connectivity index (χ2n) is 4.49. The molecule has 0 radical (unpaired) electrons. The molecule has 2 aromatic carbocycles. The summed E-state index contributed by atoms with van der Waals surface area (Å²) in [5.74, 6) is -0.102. The predicted molar refractivity (Wildman–Crippen MR) is 83.2 cm³/mol. The third-order valence-corrected chi connectivity index (χ3v) is 3.89. The monoisotopic (exact) mass is 291 g/mol. The first-order valence-electron chi connectivity index (χ1n) is 6.38. The number of hydrogen-bond acceptors (Lipinski definition) is 3. The molecule has 20 heavy (non-hydrogen) atoms. The lowest BCUT2D eigenvalue weighted by atomic mass is 10.1. The molecule has 0 bridgehead atoms. The average Bonchev–Trinajstić information content (AvgIpc) is 2.47. The van der Waals surface area contributed by atoms with Gasteiger partial charge in [-0.2, -0.15) is 0 Å². The second kappa shape index (κ2) is 6.66. The second-order valence-corrected chi connectivity index (χ2v) is 5.37. The average molecular weight is 291 g/mol. The first-order valence-corrected chi connectivity index (χ1v) is 7.60. The van der Waals surface area contributed by atoms with Crippen molar-refractivity contribution in [1.29, 1.82) is 0 Å². The Labute approximate surface area is 123 Å². The summed E-state index contributed by atoms with van der Waals surface area (Å²) in [6.07, 6.45) is 2.05. The smallest absolute Gasteiger partial charge is 0.167 e. The Morgan fingerprint density at radius 3 is 2.40 bits per heavy atom. The highest BCUT2D eigenvalue weighted by Crippen LogP contribution is 2.25. The van der Waals surface area contributed by atoms with Crippen molar-refractivity contribution in [3.8, 4) is 5.75 Å². The summed E-state index contributed by atoms with van der Waals surface area (Å²) in [6.45, 7) is 2.05. The van der Waals surface area contributed by atoms with Crippen LogP contribution in [-0.2, 0) is 0 Å². The van der Waals surface area contributed by atoms with Crippen molar-refractivity contribution < 1.29 is 9.13 Å². The van der Waals surface area contributed by atoms with E-state index in [0.717, 1.165) is 5.69 Å². The number of ether oxygens (including phenoxy) is 1. The molecule has 0 heterocycles. The molecule has 0 saturated heterocycles. The van der Waals surface area contributed by atoms with Crippen molar-refractivity contribution in [3.05, 3.63) is 53.8 Å². The summed E-state index contributed by atoms with van der Waals surface area (Å²) in [5.41, 5.74) is 1.91. The third kappa shape index (κ3) is 3.45. The van der Waals surface area contributed by atoms with Gasteiger partial charge in [0.1, 0.15) is 0 Å². The number of halogens is 1. The Morgan fingerprint density at radius 2 is 1.85 bits per heavy atom. The van der Waals surface area contributed by atoms with E-state index in [-0.39, 0.29) is 17.6 Å². The molecule has 2 aromatic rings. The molecular formula is C16H18FNOS. The summed E-state index contributed by atoms with van der Waals surface area (Å²) in [4.78, 5) is 1.23. The fourth-order valence-corrected chi connectivity index (χ4v) is 2.39. The molecule has 2 rings (SSSR count). The highest BCUT2D eigenvalue weighted by Gasteiger charge is 2.08. The van der Waals surface area contributed by atoms with E-state index in [2.05, 4.69) is 42.8 Å². The van der Waals surface area contributed by atoms with E-state index in [1.807, 2.05) is 6.07 Å². The van der Waals surface area contributed by atoms with E-state index < -0.39 is 0 Å². The van der Waals surface area contributed by atoms with Crippen LogP contribution in [0.2, 0.25) is 0 Å². The molecule has 0 aromatic heterocycles. The van der Waals surface area contributed by atoms with Gasteiger partial charge >= 0.3 is 0 Å². The quantitative estimate of drug-likeness (QED) is 0.805. The molecule has 2 nitrogen and oxygen atoms in total. The van der Waals surface area contributed by atoms with Crippen molar-refractivity contribution in [1.82, 2.24) is 0 Å². The molecule has 0 aliphatic carbocycles. The van der Waals surface area contributed by atoms with E-state index in [9.17, 15) is 4.39 Å². The van der Waals surface area contributed by atoms with Crippen LogP contribution in [0.15, 0.2) is 47.4 Å². The SMILES string of the molecule is COc1ccc(NC(C)c2ccc(SC)cc2)cc1F. The van der Waals surface area contributed by atoms with Gasteiger partial charge in [-0.1, -0.05) is 12.1 Å². The van der Waals surface area contributed by atoms with Gasteiger partial charge in [-0.3, -0.25) is 0 Å². The van der Waals surface area contributed by atoms with Crippen molar-refractivity contribution in [2.45, 2.75) is 17.9 Å². The molecular weight excluding hydrogens is 273 g/mol. The molecule has 0 spiro atoms. The molecule has 0 fully saturated rings. The first kappa shape index (κ1) is 14.7. The molecule has 1 unspecified atom stereocenters. The Morgan fingerprint density at radius 1 is 1.15 bits per heavy atom. The Balaban J connectivity index is 2.10. The number of rotatable bonds is 5. The molecule has 4 heteroatoms. The van der Waals surface area contributed by atoms with E-state index >= 15 is 0 Å². The van der Waals surface area contributed by atoms with Gasteiger partial charge in [0, 0.05) is 22.7 Å². The molecule has 1 atom stereocenters. The number of anilines is 1. The number of thioether (sulfide) groups is 1. The van der Waals surface area contributed by atoms with Gasteiger partial charge in [-0.15, -0.1) is 11.8 Å². The predicted octanol–water partition coefficient (Wildman–Crippen LogP) is 4.73. The van der Waals surface area contributed by atoms with Crippen molar-refractivity contribution >= 4 is 17.4 Å². The number of benzene rings is 2. The lowest BCUT2D eigenvalue weighted by Crippen LogP contribution is -2.06. The van der Waals surface area contributed by atoms with Gasteiger partial charge in [0.2, 0.25) is 0 Å². The van der Waals surface area contributed by atoms with Gasteiger partial charge in [0.15, 0.2) is 11.6 Å². The standard InChI is InChI=1S/C16H18FNOS/c1-11(12-4-7-14(20-3)8-5-12)18-13-6-9-16(19-2)15(17)10-13/h4-11,18H,1-3H3. The highest BCUT2D eigenvalue weighted by atomic mass is 32.2. The van der Waals surface area contributed by atoms with Crippen LogP contribution < -0.4 is 10.1 Å².